The van der Waals surface area contributed by atoms with Crippen molar-refractivity contribution >= 4 is 16.9 Å². The topological polar surface area (TPSA) is 44.0 Å². The van der Waals surface area contributed by atoms with Crippen LogP contribution in [0.25, 0.3) is 21.6 Å². The Balaban J connectivity index is 2.51. The lowest BCUT2D eigenvalue weighted by molar-refractivity contribution is 0.412. The molecule has 0 amide bonds. The Hall–Kier alpha value is -2.93. The first-order valence-corrected chi connectivity index (χ1v) is 7.83. The Labute approximate surface area is 142 Å². The van der Waals surface area contributed by atoms with Crippen LogP contribution in [-0.4, -0.2) is 11.5 Å². The minimum absolute atomic E-state index is 0.509. The van der Waals surface area contributed by atoms with Gasteiger partial charge in [-0.1, -0.05) is 6.07 Å². The summed E-state index contributed by atoms with van der Waals surface area (Å²) in [5, 5.41) is 0. The lowest BCUT2D eigenvalue weighted by Gasteiger charge is -2.15. The molecule has 0 unspecified atom stereocenters. The number of anilines is 1. The van der Waals surface area contributed by atoms with Gasteiger partial charge >= 0.3 is 0 Å². The summed E-state index contributed by atoms with van der Waals surface area (Å²) in [4.78, 5) is 3.69. The summed E-state index contributed by atoms with van der Waals surface area (Å²) >= 11 is 0. The zero-order valence-corrected chi connectivity index (χ0v) is 14.7. The van der Waals surface area contributed by atoms with Crippen molar-refractivity contribution in [2.75, 3.05) is 12.8 Å². The molecule has 3 aromatic rings. The number of nitrogen functional groups attached to an aromatic ring is 1. The van der Waals surface area contributed by atoms with E-state index in [-0.39, 0.29) is 0 Å². The van der Waals surface area contributed by atoms with Crippen LogP contribution in [0.1, 0.15) is 22.3 Å². The standard InChI is InChI=1S/C20H21N3O/c1-11-7-8-16(24-6)14(4)17(11)20-18(21)19(22-5)15-9-12(2)13(3)10-23(15)20/h7-10H,21H2,1-4,6H3. The van der Waals surface area contributed by atoms with Gasteiger partial charge in [-0.25, -0.2) is 4.85 Å². The van der Waals surface area contributed by atoms with Gasteiger partial charge in [0.25, 0.3) is 0 Å². The van der Waals surface area contributed by atoms with E-state index in [9.17, 15) is 0 Å². The predicted octanol–water partition coefficient (Wildman–Crippen LogP) is 4.98. The molecule has 0 spiro atoms. The zero-order chi connectivity index (χ0) is 17.6. The van der Waals surface area contributed by atoms with E-state index in [1.807, 2.05) is 36.4 Å². The molecular weight excluding hydrogens is 298 g/mol. The summed E-state index contributed by atoms with van der Waals surface area (Å²) in [6, 6.07) is 6.03. The first kappa shape index (κ1) is 15.9. The van der Waals surface area contributed by atoms with Crippen LogP contribution < -0.4 is 10.5 Å². The monoisotopic (exact) mass is 319 g/mol. The van der Waals surface area contributed by atoms with Crippen LogP contribution in [-0.2, 0) is 0 Å². The van der Waals surface area contributed by atoms with E-state index >= 15 is 0 Å². The van der Waals surface area contributed by atoms with Crippen molar-refractivity contribution in [1.29, 1.82) is 0 Å². The quantitative estimate of drug-likeness (QED) is 0.677. The number of hydrogen-bond acceptors (Lipinski definition) is 2. The molecule has 4 heteroatoms. The number of benzene rings is 1. The average Bonchev–Trinajstić information content (AvgIpc) is 2.80. The smallest absolute Gasteiger partial charge is 0.234 e. The Bertz CT molecular complexity index is 1010. The van der Waals surface area contributed by atoms with Gasteiger partial charge in [-0.15, -0.1) is 0 Å². The minimum Gasteiger partial charge on any atom is -0.496 e. The van der Waals surface area contributed by atoms with E-state index in [2.05, 4.69) is 24.9 Å². The van der Waals surface area contributed by atoms with Crippen molar-refractivity contribution in [3.63, 3.8) is 0 Å². The molecule has 4 nitrogen and oxygen atoms in total. The van der Waals surface area contributed by atoms with Gasteiger partial charge in [-0.05, 0) is 56.5 Å². The van der Waals surface area contributed by atoms with Crippen molar-refractivity contribution in [3.05, 3.63) is 58.1 Å². The molecule has 2 heterocycles. The Morgan fingerprint density at radius 3 is 2.42 bits per heavy atom. The number of rotatable bonds is 2. The first-order chi connectivity index (χ1) is 11.4. The normalized spacial score (nSPS) is 10.8. The number of nitrogens with two attached hydrogens (primary N) is 1. The third-order valence-electron chi connectivity index (χ3n) is 4.74. The molecule has 0 saturated carbocycles. The van der Waals surface area contributed by atoms with Gasteiger partial charge < -0.3 is 14.9 Å². The van der Waals surface area contributed by atoms with E-state index in [1.54, 1.807) is 7.11 Å². The van der Waals surface area contributed by atoms with Gasteiger partial charge in [0.1, 0.15) is 5.75 Å². The molecule has 0 aliphatic heterocycles. The van der Waals surface area contributed by atoms with Gasteiger partial charge in [-0.3, -0.25) is 0 Å². The van der Waals surface area contributed by atoms with Crippen molar-refractivity contribution in [1.82, 2.24) is 4.40 Å². The van der Waals surface area contributed by atoms with Gasteiger partial charge in [0.2, 0.25) is 5.69 Å². The molecule has 0 atom stereocenters. The number of hydrogen-bond donors (Lipinski definition) is 1. The molecule has 0 radical (unpaired) electrons. The van der Waals surface area contributed by atoms with Crippen molar-refractivity contribution < 1.29 is 4.74 Å². The fourth-order valence-electron chi connectivity index (χ4n) is 3.29. The van der Waals surface area contributed by atoms with Crippen molar-refractivity contribution in [2.24, 2.45) is 0 Å². The molecule has 0 saturated heterocycles. The second-order valence-electron chi connectivity index (χ2n) is 6.20. The SMILES string of the molecule is [C-]#[N+]c1c(N)c(-c2c(C)ccc(OC)c2C)n2cc(C)c(C)cc12. The first-order valence-electron chi connectivity index (χ1n) is 7.83. The number of aryl methyl sites for hydroxylation is 3. The third-order valence-corrected chi connectivity index (χ3v) is 4.74. The zero-order valence-electron chi connectivity index (χ0n) is 14.7. The largest absolute Gasteiger partial charge is 0.496 e. The van der Waals surface area contributed by atoms with Gasteiger partial charge in [-0.2, -0.15) is 0 Å². The van der Waals surface area contributed by atoms with E-state index in [4.69, 9.17) is 17.0 Å². The molecule has 2 N–H and O–H groups in total. The molecule has 0 aliphatic carbocycles. The van der Waals surface area contributed by atoms with Crippen LogP contribution in [0.4, 0.5) is 11.4 Å². The Morgan fingerprint density at radius 2 is 1.79 bits per heavy atom. The lowest BCUT2D eigenvalue weighted by atomic mass is 9.98. The molecule has 2 aromatic heterocycles. The maximum absolute atomic E-state index is 7.56. The van der Waals surface area contributed by atoms with Crippen LogP contribution in [0.2, 0.25) is 0 Å². The highest BCUT2D eigenvalue weighted by Crippen LogP contribution is 2.44. The highest BCUT2D eigenvalue weighted by molar-refractivity contribution is 5.98. The summed E-state index contributed by atoms with van der Waals surface area (Å²) in [6.07, 6.45) is 2.06. The summed E-state index contributed by atoms with van der Waals surface area (Å²) < 4.78 is 7.52. The number of nitrogens with zero attached hydrogens (tertiary/aromatic N) is 2. The molecule has 0 fully saturated rings. The van der Waals surface area contributed by atoms with E-state index < -0.39 is 0 Å². The van der Waals surface area contributed by atoms with Crippen LogP contribution in [0.3, 0.4) is 0 Å². The van der Waals surface area contributed by atoms with E-state index in [0.29, 0.717) is 11.4 Å². The summed E-state index contributed by atoms with van der Waals surface area (Å²) in [7, 11) is 1.67. The summed E-state index contributed by atoms with van der Waals surface area (Å²) in [5.74, 6) is 0.818. The highest BCUT2D eigenvalue weighted by Gasteiger charge is 2.22. The average molecular weight is 319 g/mol. The van der Waals surface area contributed by atoms with Crippen LogP contribution in [0.5, 0.6) is 5.75 Å². The van der Waals surface area contributed by atoms with E-state index in [0.717, 1.165) is 44.8 Å². The number of pyridine rings is 1. The molecular formula is C20H21N3O. The number of fused-ring (bicyclic) bond motifs is 1. The van der Waals surface area contributed by atoms with Crippen molar-refractivity contribution in [3.8, 4) is 17.0 Å². The molecule has 1 aromatic carbocycles. The van der Waals surface area contributed by atoms with Gasteiger partial charge in [0, 0.05) is 17.3 Å². The fraction of sp³-hybridized carbons (Fsp3) is 0.250. The third kappa shape index (κ3) is 2.13. The Kier molecular flexibility index (Phi) is 3.73. The number of ether oxygens (including phenoxy) is 1. The van der Waals surface area contributed by atoms with Crippen molar-refractivity contribution in [2.45, 2.75) is 27.7 Å². The maximum Gasteiger partial charge on any atom is 0.234 e. The minimum atomic E-state index is 0.509. The van der Waals surface area contributed by atoms with Crippen LogP contribution >= 0.6 is 0 Å². The molecule has 3 rings (SSSR count). The van der Waals surface area contributed by atoms with Crippen LogP contribution in [0.15, 0.2) is 24.4 Å². The summed E-state index contributed by atoms with van der Waals surface area (Å²) in [6.45, 7) is 15.8. The molecule has 24 heavy (non-hydrogen) atoms. The maximum atomic E-state index is 7.56. The second-order valence-corrected chi connectivity index (χ2v) is 6.20. The molecule has 0 bridgehead atoms. The number of methoxy groups -OCH3 is 1. The van der Waals surface area contributed by atoms with E-state index in [1.165, 1.54) is 0 Å². The number of aromatic nitrogens is 1. The van der Waals surface area contributed by atoms with Gasteiger partial charge in [0.15, 0.2) is 0 Å². The van der Waals surface area contributed by atoms with Gasteiger partial charge in [0.05, 0.1) is 30.6 Å². The Morgan fingerprint density at radius 1 is 1.08 bits per heavy atom. The van der Waals surface area contributed by atoms with Crippen LogP contribution in [0, 0.1) is 34.3 Å². The highest BCUT2D eigenvalue weighted by atomic mass is 16.5. The fourth-order valence-corrected chi connectivity index (χ4v) is 3.29. The second kappa shape index (κ2) is 5.61. The summed E-state index contributed by atoms with van der Waals surface area (Å²) in [5.41, 5.74) is 14.6. The lowest BCUT2D eigenvalue weighted by Crippen LogP contribution is -1.99. The predicted molar refractivity (Wildman–Crippen MR) is 99.0 cm³/mol. The molecule has 0 aliphatic rings. The molecule has 122 valence electrons.